The molecule has 5 nitrogen and oxygen atoms in total. The first-order valence-electron chi connectivity index (χ1n) is 8.01. The van der Waals surface area contributed by atoms with Crippen molar-refractivity contribution in [2.75, 3.05) is 40.3 Å². The van der Waals surface area contributed by atoms with E-state index in [0.717, 1.165) is 32.4 Å². The first-order valence-corrected chi connectivity index (χ1v) is 8.01. The summed E-state index contributed by atoms with van der Waals surface area (Å²) in [4.78, 5) is 15.5. The SMILES string of the molecule is CN(C)C(=O)CN1CCC(NCC(O)CC(C)(C)C)CC1. The summed E-state index contributed by atoms with van der Waals surface area (Å²) in [5.41, 5.74) is 0.164. The lowest BCUT2D eigenvalue weighted by Crippen LogP contribution is -2.47. The number of carbonyl (C=O) groups is 1. The van der Waals surface area contributed by atoms with Gasteiger partial charge in [0.15, 0.2) is 0 Å². The molecule has 0 aliphatic carbocycles. The predicted octanol–water partition coefficient (Wildman–Crippen LogP) is 0.926. The summed E-state index contributed by atoms with van der Waals surface area (Å²) in [7, 11) is 3.60. The van der Waals surface area contributed by atoms with Crippen LogP contribution in [0.2, 0.25) is 0 Å². The highest BCUT2D eigenvalue weighted by Crippen LogP contribution is 2.20. The second-order valence-electron chi connectivity index (χ2n) is 7.67. The smallest absolute Gasteiger partial charge is 0.236 e. The molecule has 1 aliphatic heterocycles. The third-order valence-electron chi connectivity index (χ3n) is 3.94. The molecule has 0 radical (unpaired) electrons. The van der Waals surface area contributed by atoms with Crippen LogP contribution < -0.4 is 5.32 Å². The Morgan fingerprint density at radius 2 is 1.90 bits per heavy atom. The molecule has 1 fully saturated rings. The topological polar surface area (TPSA) is 55.8 Å². The molecular weight excluding hydrogens is 266 g/mol. The van der Waals surface area contributed by atoms with Crippen LogP contribution in [0.1, 0.15) is 40.0 Å². The number of rotatable bonds is 6. The Morgan fingerprint density at radius 1 is 1.33 bits per heavy atom. The zero-order chi connectivity index (χ0) is 16.0. The van der Waals surface area contributed by atoms with Gasteiger partial charge in [0, 0.05) is 39.8 Å². The Morgan fingerprint density at radius 3 is 2.38 bits per heavy atom. The third kappa shape index (κ3) is 7.79. The molecule has 5 heteroatoms. The maximum absolute atomic E-state index is 11.7. The van der Waals surface area contributed by atoms with Gasteiger partial charge < -0.3 is 15.3 Å². The van der Waals surface area contributed by atoms with Gasteiger partial charge in [0.25, 0.3) is 0 Å². The summed E-state index contributed by atoms with van der Waals surface area (Å²) in [6.45, 7) is 9.54. The van der Waals surface area contributed by atoms with Crippen LogP contribution in [0.4, 0.5) is 0 Å². The van der Waals surface area contributed by atoms with Crippen molar-refractivity contribution in [1.82, 2.24) is 15.1 Å². The van der Waals surface area contributed by atoms with E-state index >= 15 is 0 Å². The maximum atomic E-state index is 11.7. The highest BCUT2D eigenvalue weighted by molar-refractivity contribution is 5.77. The zero-order valence-electron chi connectivity index (χ0n) is 14.4. The summed E-state index contributed by atoms with van der Waals surface area (Å²) in [5, 5.41) is 13.5. The Bertz CT molecular complexity index is 318. The molecule has 1 amide bonds. The van der Waals surface area contributed by atoms with Crippen LogP contribution in [-0.2, 0) is 4.79 Å². The van der Waals surface area contributed by atoms with E-state index in [9.17, 15) is 9.90 Å². The van der Waals surface area contributed by atoms with Gasteiger partial charge in [-0.2, -0.15) is 0 Å². The number of aliphatic hydroxyl groups excluding tert-OH is 1. The highest BCUT2D eigenvalue weighted by Gasteiger charge is 2.22. The summed E-state index contributed by atoms with van der Waals surface area (Å²) in [6, 6.07) is 0.463. The fourth-order valence-corrected chi connectivity index (χ4v) is 2.71. The largest absolute Gasteiger partial charge is 0.392 e. The third-order valence-corrected chi connectivity index (χ3v) is 3.94. The average Bonchev–Trinajstić information content (AvgIpc) is 2.35. The van der Waals surface area contributed by atoms with Gasteiger partial charge >= 0.3 is 0 Å². The van der Waals surface area contributed by atoms with E-state index in [1.54, 1.807) is 19.0 Å². The van der Waals surface area contributed by atoms with Crippen LogP contribution in [-0.4, -0.2) is 73.2 Å². The molecule has 0 bridgehead atoms. The van der Waals surface area contributed by atoms with Crippen molar-refractivity contribution in [2.45, 2.75) is 52.2 Å². The van der Waals surface area contributed by atoms with Crippen LogP contribution in [0.3, 0.4) is 0 Å². The van der Waals surface area contributed by atoms with Gasteiger partial charge in [-0.05, 0) is 24.7 Å². The minimum atomic E-state index is -0.279. The first-order chi connectivity index (χ1) is 9.67. The van der Waals surface area contributed by atoms with Gasteiger partial charge in [0.2, 0.25) is 5.91 Å². The molecule has 0 aromatic heterocycles. The number of piperidine rings is 1. The first kappa shape index (κ1) is 18.4. The molecule has 0 aromatic rings. The summed E-state index contributed by atoms with van der Waals surface area (Å²) in [6.07, 6.45) is 2.63. The minimum absolute atomic E-state index is 0.164. The molecular formula is C16H33N3O2. The van der Waals surface area contributed by atoms with Crippen molar-refractivity contribution in [2.24, 2.45) is 5.41 Å². The Kier molecular flexibility index (Phi) is 7.10. The van der Waals surface area contributed by atoms with Crippen molar-refractivity contribution in [3.63, 3.8) is 0 Å². The zero-order valence-corrected chi connectivity index (χ0v) is 14.4. The molecule has 0 aromatic carbocycles. The molecule has 0 spiro atoms. The van der Waals surface area contributed by atoms with E-state index in [4.69, 9.17) is 0 Å². The lowest BCUT2D eigenvalue weighted by Gasteiger charge is -2.33. The highest BCUT2D eigenvalue weighted by atomic mass is 16.3. The van der Waals surface area contributed by atoms with Gasteiger partial charge in [-0.25, -0.2) is 0 Å². The molecule has 1 saturated heterocycles. The van der Waals surface area contributed by atoms with E-state index in [0.29, 0.717) is 19.1 Å². The number of hydrogen-bond donors (Lipinski definition) is 2. The summed E-state index contributed by atoms with van der Waals surface area (Å²) < 4.78 is 0. The monoisotopic (exact) mass is 299 g/mol. The number of likely N-dealkylation sites (tertiary alicyclic amines) is 1. The molecule has 2 N–H and O–H groups in total. The minimum Gasteiger partial charge on any atom is -0.392 e. The van der Waals surface area contributed by atoms with Crippen molar-refractivity contribution in [3.8, 4) is 0 Å². The number of hydrogen-bond acceptors (Lipinski definition) is 4. The van der Waals surface area contributed by atoms with Crippen LogP contribution in [0.15, 0.2) is 0 Å². The molecule has 1 aliphatic rings. The number of amides is 1. The average molecular weight is 299 g/mol. The lowest BCUT2D eigenvalue weighted by molar-refractivity contribution is -0.130. The summed E-state index contributed by atoms with van der Waals surface area (Å²) in [5.74, 6) is 0.169. The fraction of sp³-hybridized carbons (Fsp3) is 0.938. The van der Waals surface area contributed by atoms with E-state index in [1.807, 2.05) is 0 Å². The van der Waals surface area contributed by atoms with Crippen molar-refractivity contribution in [1.29, 1.82) is 0 Å². The van der Waals surface area contributed by atoms with Gasteiger partial charge in [0.05, 0.1) is 12.6 Å². The van der Waals surface area contributed by atoms with E-state index in [2.05, 4.69) is 31.0 Å². The predicted molar refractivity (Wildman–Crippen MR) is 86.2 cm³/mol. The number of nitrogens with one attached hydrogen (secondary N) is 1. The number of aliphatic hydroxyl groups is 1. The lowest BCUT2D eigenvalue weighted by atomic mass is 9.89. The Balaban J connectivity index is 2.20. The number of nitrogens with zero attached hydrogens (tertiary/aromatic N) is 2. The van der Waals surface area contributed by atoms with Crippen LogP contribution >= 0.6 is 0 Å². The van der Waals surface area contributed by atoms with Crippen LogP contribution in [0.5, 0.6) is 0 Å². The number of likely N-dealkylation sites (N-methyl/N-ethyl adjacent to an activating group) is 1. The van der Waals surface area contributed by atoms with Gasteiger partial charge in [-0.3, -0.25) is 9.69 Å². The van der Waals surface area contributed by atoms with E-state index in [-0.39, 0.29) is 17.4 Å². The van der Waals surface area contributed by atoms with Gasteiger partial charge in [0.1, 0.15) is 0 Å². The molecule has 1 atom stereocenters. The van der Waals surface area contributed by atoms with Crippen molar-refractivity contribution in [3.05, 3.63) is 0 Å². The maximum Gasteiger partial charge on any atom is 0.236 e. The molecule has 21 heavy (non-hydrogen) atoms. The second-order valence-corrected chi connectivity index (χ2v) is 7.67. The van der Waals surface area contributed by atoms with Crippen molar-refractivity contribution >= 4 is 5.91 Å². The Hall–Kier alpha value is -0.650. The molecule has 1 heterocycles. The second kappa shape index (κ2) is 8.11. The number of carbonyl (C=O) groups excluding carboxylic acids is 1. The van der Waals surface area contributed by atoms with E-state index < -0.39 is 0 Å². The molecule has 124 valence electrons. The standard InChI is InChI=1S/C16H33N3O2/c1-16(2,3)10-14(20)11-17-13-6-8-19(9-7-13)12-15(21)18(4)5/h13-14,17,20H,6-12H2,1-5H3. The van der Waals surface area contributed by atoms with Gasteiger partial charge in [-0.1, -0.05) is 20.8 Å². The van der Waals surface area contributed by atoms with Gasteiger partial charge in [-0.15, -0.1) is 0 Å². The van der Waals surface area contributed by atoms with Crippen LogP contribution in [0, 0.1) is 5.41 Å². The summed E-state index contributed by atoms with van der Waals surface area (Å²) >= 11 is 0. The molecule has 1 unspecified atom stereocenters. The fourth-order valence-electron chi connectivity index (χ4n) is 2.71. The van der Waals surface area contributed by atoms with Crippen LogP contribution in [0.25, 0.3) is 0 Å². The Labute approximate surface area is 129 Å². The normalized spacial score (nSPS) is 19.5. The van der Waals surface area contributed by atoms with Crippen molar-refractivity contribution < 1.29 is 9.90 Å². The van der Waals surface area contributed by atoms with E-state index in [1.165, 1.54) is 0 Å². The molecule has 0 saturated carbocycles. The molecule has 1 rings (SSSR count). The quantitative estimate of drug-likeness (QED) is 0.766.